The van der Waals surface area contributed by atoms with Crippen molar-refractivity contribution in [1.82, 2.24) is 9.55 Å². The summed E-state index contributed by atoms with van der Waals surface area (Å²) in [5, 5.41) is 0. The third-order valence-electron chi connectivity index (χ3n) is 6.10. The molecule has 0 bridgehead atoms. The molecule has 180 valence electrons. The molecule has 0 aliphatic carbocycles. The number of hydrogen-bond donors (Lipinski definition) is 0. The zero-order valence-corrected chi connectivity index (χ0v) is 20.6. The van der Waals surface area contributed by atoms with Crippen LogP contribution in [-0.4, -0.2) is 21.9 Å². The van der Waals surface area contributed by atoms with Gasteiger partial charge in [-0.15, -0.1) is 0 Å². The summed E-state index contributed by atoms with van der Waals surface area (Å²) in [6.07, 6.45) is 3.18. The maximum Gasteiger partial charge on any atom is 0.268 e. The van der Waals surface area contributed by atoms with Gasteiger partial charge in [0.15, 0.2) is 12.0 Å². The van der Waals surface area contributed by atoms with E-state index in [2.05, 4.69) is 6.92 Å². The van der Waals surface area contributed by atoms with E-state index in [1.54, 1.807) is 0 Å². The molecular weight excluding hydrogens is 440 g/mol. The minimum atomic E-state index is -0.570. The molecule has 0 unspecified atom stereocenters. The van der Waals surface area contributed by atoms with Crippen LogP contribution in [0.3, 0.4) is 0 Å². The summed E-state index contributed by atoms with van der Waals surface area (Å²) in [6, 6.07) is 15.6. The summed E-state index contributed by atoms with van der Waals surface area (Å²) in [5.41, 5.74) is 4.26. The van der Waals surface area contributed by atoms with Crippen molar-refractivity contribution in [2.45, 2.75) is 59.6 Å². The Morgan fingerprint density at radius 3 is 2.26 bits per heavy atom. The molecule has 0 N–H and O–H groups in total. The molecule has 0 radical (unpaired) electrons. The van der Waals surface area contributed by atoms with Crippen molar-refractivity contribution >= 4 is 6.29 Å². The lowest BCUT2D eigenvalue weighted by Crippen LogP contribution is -2.35. The number of aromatic nitrogens is 2. The van der Waals surface area contributed by atoms with Crippen molar-refractivity contribution < 1.29 is 9.53 Å². The summed E-state index contributed by atoms with van der Waals surface area (Å²) in [5.74, 6) is 1.07. The zero-order valence-electron chi connectivity index (χ0n) is 20.6. The SMILES string of the molecule is CCCc1nc(CC)c(C=O)n1Cc1ccc(-c2ccccc2-c2c(OC(C)C)c(=O)c2=O)cc1. The third-order valence-corrected chi connectivity index (χ3v) is 6.10. The Balaban J connectivity index is 1.68. The molecule has 35 heavy (non-hydrogen) atoms. The Morgan fingerprint density at radius 1 is 0.971 bits per heavy atom. The largest absolute Gasteiger partial charge is 0.486 e. The van der Waals surface area contributed by atoms with Crippen molar-refractivity contribution in [1.29, 1.82) is 0 Å². The molecule has 0 saturated carbocycles. The number of nitrogens with zero attached hydrogens (tertiary/aromatic N) is 2. The van der Waals surface area contributed by atoms with Gasteiger partial charge in [-0.2, -0.15) is 0 Å². The minimum absolute atomic E-state index is 0.144. The lowest BCUT2D eigenvalue weighted by molar-refractivity contribution is 0.111. The molecule has 0 aliphatic heterocycles. The van der Waals surface area contributed by atoms with Crippen LogP contribution >= 0.6 is 0 Å². The Hall–Kier alpha value is -3.80. The van der Waals surface area contributed by atoms with Gasteiger partial charge in [-0.25, -0.2) is 4.98 Å². The predicted molar refractivity (Wildman–Crippen MR) is 138 cm³/mol. The Morgan fingerprint density at radius 2 is 1.66 bits per heavy atom. The van der Waals surface area contributed by atoms with E-state index in [0.717, 1.165) is 47.3 Å². The molecule has 0 amide bonds. The van der Waals surface area contributed by atoms with Crippen LogP contribution in [0.1, 0.15) is 61.7 Å². The van der Waals surface area contributed by atoms with Gasteiger partial charge in [0, 0.05) is 13.0 Å². The fourth-order valence-electron chi connectivity index (χ4n) is 4.44. The number of ether oxygens (including phenoxy) is 1. The van der Waals surface area contributed by atoms with Gasteiger partial charge in [0.25, 0.3) is 5.43 Å². The summed E-state index contributed by atoms with van der Waals surface area (Å²) < 4.78 is 7.66. The smallest absolute Gasteiger partial charge is 0.268 e. The standard InChI is InChI=1S/C29H30N2O4/c1-5-9-25-30-23(6-2)24(17-32)31(25)16-19-12-14-20(15-13-19)21-10-7-8-11-22(21)26-27(33)28(34)29(26)35-18(3)4/h7-8,10-15,17-18H,5-6,9,16H2,1-4H3. The fourth-order valence-corrected chi connectivity index (χ4v) is 4.44. The van der Waals surface area contributed by atoms with Crippen LogP contribution in [0, 0.1) is 0 Å². The first-order valence-electron chi connectivity index (χ1n) is 12.1. The number of imidazole rings is 1. The van der Waals surface area contributed by atoms with Gasteiger partial charge in [-0.05, 0) is 48.9 Å². The molecule has 0 spiro atoms. The van der Waals surface area contributed by atoms with Crippen molar-refractivity contribution in [2.24, 2.45) is 0 Å². The maximum atomic E-state index is 12.4. The van der Waals surface area contributed by atoms with Gasteiger partial charge in [0.05, 0.1) is 17.4 Å². The molecule has 1 aromatic heterocycles. The van der Waals surface area contributed by atoms with Crippen molar-refractivity contribution in [2.75, 3.05) is 0 Å². The van der Waals surface area contributed by atoms with Gasteiger partial charge < -0.3 is 9.30 Å². The van der Waals surface area contributed by atoms with E-state index < -0.39 is 10.9 Å². The average molecular weight is 471 g/mol. The van der Waals surface area contributed by atoms with Gasteiger partial charge in [-0.3, -0.25) is 14.4 Å². The monoisotopic (exact) mass is 470 g/mol. The molecular formula is C29H30N2O4. The quantitative estimate of drug-likeness (QED) is 0.241. The van der Waals surface area contributed by atoms with Gasteiger partial charge >= 0.3 is 0 Å². The second-order valence-corrected chi connectivity index (χ2v) is 8.94. The van der Waals surface area contributed by atoms with Crippen LogP contribution in [0.4, 0.5) is 0 Å². The third kappa shape index (κ3) is 4.61. The number of benzene rings is 2. The number of aldehydes is 1. The van der Waals surface area contributed by atoms with Crippen molar-refractivity contribution in [3.05, 3.63) is 91.8 Å². The number of rotatable bonds is 10. The summed E-state index contributed by atoms with van der Waals surface area (Å²) in [4.78, 5) is 41.1. The summed E-state index contributed by atoms with van der Waals surface area (Å²) in [7, 11) is 0. The molecule has 6 nitrogen and oxygen atoms in total. The molecule has 0 aliphatic rings. The van der Waals surface area contributed by atoms with Crippen LogP contribution < -0.4 is 15.6 Å². The molecule has 0 saturated heterocycles. The average Bonchev–Trinajstić information content (AvgIpc) is 3.20. The number of carbonyl (C=O) groups is 1. The van der Waals surface area contributed by atoms with E-state index in [-0.39, 0.29) is 11.9 Å². The number of aryl methyl sites for hydroxylation is 2. The highest BCUT2D eigenvalue weighted by molar-refractivity contribution is 5.87. The lowest BCUT2D eigenvalue weighted by atomic mass is 9.91. The molecule has 1 heterocycles. The van der Waals surface area contributed by atoms with Crippen LogP contribution in [0.25, 0.3) is 22.3 Å². The van der Waals surface area contributed by atoms with Crippen molar-refractivity contribution in [3.63, 3.8) is 0 Å². The van der Waals surface area contributed by atoms with Crippen LogP contribution in [0.15, 0.2) is 58.1 Å². The molecule has 6 heteroatoms. The van der Waals surface area contributed by atoms with Crippen molar-refractivity contribution in [3.8, 4) is 28.0 Å². The van der Waals surface area contributed by atoms with E-state index in [4.69, 9.17) is 9.72 Å². The Bertz CT molecular complexity index is 1420. The second kappa shape index (κ2) is 10.2. The second-order valence-electron chi connectivity index (χ2n) is 8.94. The lowest BCUT2D eigenvalue weighted by Gasteiger charge is -2.17. The summed E-state index contributed by atoms with van der Waals surface area (Å²) in [6.45, 7) is 8.33. The van der Waals surface area contributed by atoms with E-state index in [1.807, 2.05) is 73.9 Å². The first kappa shape index (κ1) is 24.3. The molecule has 4 rings (SSSR count). The Labute approximate surface area is 204 Å². The van der Waals surface area contributed by atoms with Crippen LogP contribution in [0.5, 0.6) is 5.75 Å². The van der Waals surface area contributed by atoms with Crippen LogP contribution in [0.2, 0.25) is 0 Å². The first-order valence-corrected chi connectivity index (χ1v) is 12.1. The maximum absolute atomic E-state index is 12.4. The Kier molecular flexibility index (Phi) is 7.10. The van der Waals surface area contributed by atoms with E-state index >= 15 is 0 Å². The number of carbonyl (C=O) groups excluding carboxylic acids is 1. The predicted octanol–water partition coefficient (Wildman–Crippen LogP) is 4.98. The highest BCUT2D eigenvalue weighted by atomic mass is 16.5. The van der Waals surface area contributed by atoms with E-state index in [1.165, 1.54) is 0 Å². The van der Waals surface area contributed by atoms with Crippen LogP contribution in [-0.2, 0) is 19.4 Å². The van der Waals surface area contributed by atoms with Gasteiger partial charge in [0.1, 0.15) is 11.5 Å². The molecule has 0 atom stereocenters. The first-order chi connectivity index (χ1) is 16.9. The molecule has 4 aromatic rings. The van der Waals surface area contributed by atoms with E-state index in [0.29, 0.717) is 29.8 Å². The van der Waals surface area contributed by atoms with Gasteiger partial charge in [0.2, 0.25) is 5.43 Å². The van der Waals surface area contributed by atoms with Gasteiger partial charge in [-0.1, -0.05) is 62.4 Å². The van der Waals surface area contributed by atoms with E-state index in [9.17, 15) is 14.4 Å². The minimum Gasteiger partial charge on any atom is -0.486 e. The highest BCUT2D eigenvalue weighted by Gasteiger charge is 2.26. The highest BCUT2D eigenvalue weighted by Crippen LogP contribution is 2.35. The molecule has 3 aromatic carbocycles. The topological polar surface area (TPSA) is 78.3 Å². The summed E-state index contributed by atoms with van der Waals surface area (Å²) >= 11 is 0. The number of hydrogen-bond acceptors (Lipinski definition) is 5. The fraction of sp³-hybridized carbons (Fsp3) is 0.310. The normalized spacial score (nSPS) is 11.3. The zero-order chi connectivity index (χ0) is 25.1. The molecule has 0 fully saturated rings.